The van der Waals surface area contributed by atoms with Gasteiger partial charge in [-0.3, -0.25) is 9.97 Å². The Morgan fingerprint density at radius 1 is 1.28 bits per heavy atom. The van der Waals surface area contributed by atoms with Crippen molar-refractivity contribution in [3.05, 3.63) is 53.4 Å². The molecule has 1 unspecified atom stereocenters. The first-order valence-electron chi connectivity index (χ1n) is 5.49. The molecule has 0 aliphatic carbocycles. The van der Waals surface area contributed by atoms with Gasteiger partial charge in [0.15, 0.2) is 0 Å². The molecule has 0 aliphatic rings. The highest BCUT2D eigenvalue weighted by molar-refractivity contribution is 5.39. The molecule has 1 aromatic carbocycles. The maximum Gasteiger partial charge on any atom is 0.124 e. The van der Waals surface area contributed by atoms with Crippen molar-refractivity contribution in [3.8, 4) is 5.75 Å². The lowest BCUT2D eigenvalue weighted by Crippen LogP contribution is -2.15. The largest absolute Gasteiger partial charge is 0.496 e. The summed E-state index contributed by atoms with van der Waals surface area (Å²) < 4.78 is 18.4. The molecule has 2 aromatic rings. The number of benzene rings is 1. The molecule has 18 heavy (non-hydrogen) atoms. The Bertz CT molecular complexity index is 542. The number of hydrogen-bond donors (Lipinski definition) is 1. The number of aryl methyl sites for hydroxylation is 1. The van der Waals surface area contributed by atoms with E-state index in [0.717, 1.165) is 5.69 Å². The van der Waals surface area contributed by atoms with Gasteiger partial charge in [0.25, 0.3) is 0 Å². The number of aromatic nitrogens is 2. The van der Waals surface area contributed by atoms with Gasteiger partial charge in [-0.2, -0.15) is 0 Å². The monoisotopic (exact) mass is 247 g/mol. The van der Waals surface area contributed by atoms with Gasteiger partial charge in [0.1, 0.15) is 11.6 Å². The standard InChI is InChI=1S/C13H14FN3O/c1-8-6-17-11(7-16-8)13(15)10-5-9(14)3-4-12(10)18-2/h3-7,13H,15H2,1-2H3. The fraction of sp³-hybridized carbons (Fsp3) is 0.231. The molecule has 0 saturated carbocycles. The Kier molecular flexibility index (Phi) is 3.53. The average molecular weight is 247 g/mol. The molecular weight excluding hydrogens is 233 g/mol. The van der Waals surface area contributed by atoms with Gasteiger partial charge >= 0.3 is 0 Å². The van der Waals surface area contributed by atoms with Gasteiger partial charge in [-0.1, -0.05) is 0 Å². The van der Waals surface area contributed by atoms with Crippen LogP contribution < -0.4 is 10.5 Å². The maximum atomic E-state index is 13.3. The Morgan fingerprint density at radius 3 is 2.67 bits per heavy atom. The predicted molar refractivity (Wildman–Crippen MR) is 65.8 cm³/mol. The van der Waals surface area contributed by atoms with E-state index in [2.05, 4.69) is 9.97 Å². The molecular formula is C13H14FN3O. The summed E-state index contributed by atoms with van der Waals surface area (Å²) >= 11 is 0. The third kappa shape index (κ3) is 2.46. The van der Waals surface area contributed by atoms with E-state index >= 15 is 0 Å². The van der Waals surface area contributed by atoms with E-state index in [0.29, 0.717) is 17.0 Å². The number of nitrogens with zero attached hydrogens (tertiary/aromatic N) is 2. The fourth-order valence-electron chi connectivity index (χ4n) is 1.67. The van der Waals surface area contributed by atoms with Crippen molar-refractivity contribution in [1.29, 1.82) is 0 Å². The van der Waals surface area contributed by atoms with Crippen molar-refractivity contribution in [1.82, 2.24) is 9.97 Å². The van der Waals surface area contributed by atoms with E-state index in [4.69, 9.17) is 10.5 Å². The molecule has 1 aromatic heterocycles. The zero-order valence-corrected chi connectivity index (χ0v) is 10.2. The molecule has 0 fully saturated rings. The molecule has 1 heterocycles. The molecule has 0 saturated heterocycles. The zero-order chi connectivity index (χ0) is 13.1. The summed E-state index contributed by atoms with van der Waals surface area (Å²) in [6.45, 7) is 1.84. The number of hydrogen-bond acceptors (Lipinski definition) is 4. The van der Waals surface area contributed by atoms with Crippen molar-refractivity contribution >= 4 is 0 Å². The molecule has 0 bridgehead atoms. The first-order chi connectivity index (χ1) is 8.61. The number of halogens is 1. The van der Waals surface area contributed by atoms with Gasteiger partial charge < -0.3 is 10.5 Å². The Morgan fingerprint density at radius 2 is 2.06 bits per heavy atom. The second kappa shape index (κ2) is 5.10. The minimum Gasteiger partial charge on any atom is -0.496 e. The minimum atomic E-state index is -0.566. The molecule has 0 aliphatic heterocycles. The van der Waals surface area contributed by atoms with Crippen LogP contribution in [0.15, 0.2) is 30.6 Å². The van der Waals surface area contributed by atoms with Gasteiger partial charge in [0.2, 0.25) is 0 Å². The van der Waals surface area contributed by atoms with Crippen LogP contribution in [0.25, 0.3) is 0 Å². The van der Waals surface area contributed by atoms with Gasteiger partial charge in [-0.25, -0.2) is 4.39 Å². The molecule has 94 valence electrons. The number of ether oxygens (including phenoxy) is 1. The minimum absolute atomic E-state index is 0.360. The maximum absolute atomic E-state index is 13.3. The molecule has 1 atom stereocenters. The van der Waals surface area contributed by atoms with Gasteiger partial charge in [0, 0.05) is 11.8 Å². The van der Waals surface area contributed by atoms with Crippen molar-refractivity contribution in [2.75, 3.05) is 7.11 Å². The molecule has 4 nitrogen and oxygen atoms in total. The van der Waals surface area contributed by atoms with Crippen molar-refractivity contribution in [2.45, 2.75) is 13.0 Å². The molecule has 0 amide bonds. The van der Waals surface area contributed by atoms with Gasteiger partial charge in [-0.15, -0.1) is 0 Å². The quantitative estimate of drug-likeness (QED) is 0.900. The molecule has 2 N–H and O–H groups in total. The lowest BCUT2D eigenvalue weighted by Gasteiger charge is -2.15. The van der Waals surface area contributed by atoms with E-state index in [1.54, 1.807) is 18.5 Å². The van der Waals surface area contributed by atoms with Crippen molar-refractivity contribution in [3.63, 3.8) is 0 Å². The van der Waals surface area contributed by atoms with Crippen LogP contribution in [0.5, 0.6) is 5.75 Å². The first kappa shape index (κ1) is 12.4. The third-order valence-corrected chi connectivity index (χ3v) is 2.65. The smallest absolute Gasteiger partial charge is 0.124 e. The van der Waals surface area contributed by atoms with Crippen LogP contribution in [0.2, 0.25) is 0 Å². The lowest BCUT2D eigenvalue weighted by molar-refractivity contribution is 0.406. The summed E-state index contributed by atoms with van der Waals surface area (Å²) in [6, 6.07) is 3.66. The second-order valence-corrected chi connectivity index (χ2v) is 3.95. The molecule has 0 spiro atoms. The normalized spacial score (nSPS) is 12.2. The summed E-state index contributed by atoms with van der Waals surface area (Å²) in [5, 5.41) is 0. The molecule has 2 rings (SSSR count). The highest BCUT2D eigenvalue weighted by Crippen LogP contribution is 2.27. The zero-order valence-electron chi connectivity index (χ0n) is 10.2. The van der Waals surface area contributed by atoms with Crippen LogP contribution >= 0.6 is 0 Å². The van der Waals surface area contributed by atoms with Crippen LogP contribution in [0.3, 0.4) is 0 Å². The van der Waals surface area contributed by atoms with E-state index in [1.165, 1.54) is 19.2 Å². The fourth-order valence-corrected chi connectivity index (χ4v) is 1.67. The summed E-state index contributed by atoms with van der Waals surface area (Å²) in [6.07, 6.45) is 3.21. The van der Waals surface area contributed by atoms with E-state index in [1.807, 2.05) is 6.92 Å². The van der Waals surface area contributed by atoms with E-state index in [9.17, 15) is 4.39 Å². The van der Waals surface area contributed by atoms with Crippen molar-refractivity contribution < 1.29 is 9.13 Å². The summed E-state index contributed by atoms with van der Waals surface area (Å²) in [7, 11) is 1.52. The summed E-state index contributed by atoms with van der Waals surface area (Å²) in [5.41, 5.74) is 7.99. The number of rotatable bonds is 3. The van der Waals surface area contributed by atoms with E-state index < -0.39 is 6.04 Å². The van der Waals surface area contributed by atoms with Crippen LogP contribution in [0, 0.1) is 12.7 Å². The topological polar surface area (TPSA) is 61.0 Å². The van der Waals surface area contributed by atoms with E-state index in [-0.39, 0.29) is 5.82 Å². The first-order valence-corrected chi connectivity index (χ1v) is 5.49. The number of nitrogens with two attached hydrogens (primary N) is 1. The molecule has 5 heteroatoms. The lowest BCUT2D eigenvalue weighted by atomic mass is 10.0. The predicted octanol–water partition coefficient (Wildman–Crippen LogP) is 1.98. The highest BCUT2D eigenvalue weighted by Gasteiger charge is 2.16. The van der Waals surface area contributed by atoms with Crippen LogP contribution in [-0.2, 0) is 0 Å². The number of methoxy groups -OCH3 is 1. The SMILES string of the molecule is COc1ccc(F)cc1C(N)c1cnc(C)cn1. The van der Waals surface area contributed by atoms with Crippen LogP contribution in [-0.4, -0.2) is 17.1 Å². The van der Waals surface area contributed by atoms with Crippen molar-refractivity contribution in [2.24, 2.45) is 5.73 Å². The average Bonchev–Trinajstić information content (AvgIpc) is 2.39. The summed E-state index contributed by atoms with van der Waals surface area (Å²) in [4.78, 5) is 8.32. The summed E-state index contributed by atoms with van der Waals surface area (Å²) in [5.74, 6) is 0.174. The van der Waals surface area contributed by atoms with Crippen LogP contribution in [0.1, 0.15) is 23.0 Å². The Balaban J connectivity index is 2.41. The Labute approximate surface area is 105 Å². The molecule has 0 radical (unpaired) electrons. The highest BCUT2D eigenvalue weighted by atomic mass is 19.1. The second-order valence-electron chi connectivity index (χ2n) is 3.95. The van der Waals surface area contributed by atoms with Gasteiger partial charge in [-0.05, 0) is 25.1 Å². The third-order valence-electron chi connectivity index (χ3n) is 2.65. The Hall–Kier alpha value is -2.01. The van der Waals surface area contributed by atoms with Crippen LogP contribution in [0.4, 0.5) is 4.39 Å². The van der Waals surface area contributed by atoms with Gasteiger partial charge in [0.05, 0.1) is 30.7 Å².